The summed E-state index contributed by atoms with van der Waals surface area (Å²) in [6.45, 7) is -2.21. The molecule has 0 unspecified atom stereocenters. The normalized spacial score (nSPS) is 30.7. The van der Waals surface area contributed by atoms with Crippen molar-refractivity contribution in [3.8, 4) is 0 Å². The summed E-state index contributed by atoms with van der Waals surface area (Å²) in [5.74, 6) is -3.24. The zero-order chi connectivity index (χ0) is 18.3. The number of aliphatic hydroxyl groups is 3. The number of nitrogens with one attached hydrogen (secondary N) is 1. The van der Waals surface area contributed by atoms with Crippen molar-refractivity contribution in [1.29, 1.82) is 0 Å². The van der Waals surface area contributed by atoms with E-state index in [1.807, 2.05) is 0 Å². The van der Waals surface area contributed by atoms with Gasteiger partial charge in [-0.1, -0.05) is 0 Å². The highest BCUT2D eigenvalue weighted by molar-refractivity contribution is 7.46. The Morgan fingerprint density at radius 3 is 2.58 bits per heavy atom. The molecule has 4 atom stereocenters. The maximum atomic E-state index is 14.5. The third kappa shape index (κ3) is 3.63. The summed E-state index contributed by atoms with van der Waals surface area (Å²) in [4.78, 5) is 42.0. The maximum Gasteiger partial charge on any atom is 0.469 e. The second kappa shape index (κ2) is 6.46. The average molecular weight is 372 g/mol. The fourth-order valence-electron chi connectivity index (χ4n) is 2.09. The van der Waals surface area contributed by atoms with Gasteiger partial charge in [0, 0.05) is 6.20 Å². The van der Waals surface area contributed by atoms with Gasteiger partial charge in [-0.3, -0.25) is 18.9 Å². The second-order valence-corrected chi connectivity index (χ2v) is 6.21. The van der Waals surface area contributed by atoms with Gasteiger partial charge in [0.15, 0.2) is 6.23 Å². The van der Waals surface area contributed by atoms with Gasteiger partial charge in [0.1, 0.15) is 18.8 Å². The number of ether oxygens (including phenoxy) is 1. The molecule has 12 nitrogen and oxygen atoms in total. The Labute approximate surface area is 132 Å². The molecular weight excluding hydrogens is 358 g/mol. The molecule has 1 aliphatic rings. The van der Waals surface area contributed by atoms with Crippen LogP contribution in [0.2, 0.25) is 0 Å². The first kappa shape index (κ1) is 18.9. The minimum Gasteiger partial charge on any atom is -0.391 e. The van der Waals surface area contributed by atoms with Crippen LogP contribution in [0.15, 0.2) is 15.8 Å². The Bertz CT molecular complexity index is 774. The summed E-state index contributed by atoms with van der Waals surface area (Å²) >= 11 is 0. The molecule has 0 saturated carbocycles. The Morgan fingerprint density at radius 2 is 2.04 bits per heavy atom. The van der Waals surface area contributed by atoms with Crippen LogP contribution >= 0.6 is 7.82 Å². The molecule has 14 heteroatoms. The molecule has 1 fully saturated rings. The maximum absolute atomic E-state index is 14.5. The van der Waals surface area contributed by atoms with Gasteiger partial charge in [0.25, 0.3) is 11.4 Å². The lowest BCUT2D eigenvalue weighted by Gasteiger charge is -2.22. The van der Waals surface area contributed by atoms with Gasteiger partial charge in [-0.2, -0.15) is 0 Å². The van der Waals surface area contributed by atoms with Crippen molar-refractivity contribution in [3.05, 3.63) is 32.6 Å². The van der Waals surface area contributed by atoms with Crippen molar-refractivity contribution < 1.29 is 43.3 Å². The molecule has 0 aromatic carbocycles. The number of hydrogen-bond acceptors (Lipinski definition) is 8. The molecule has 0 amide bonds. The SMILES string of the molecule is O=c1[nH]c(=O)n([C@@H]2O[C@](F)(COP(=O)(O)O)[C@@H](O)[C@H]2O)cc1CO. The average Bonchev–Trinajstić information content (AvgIpc) is 2.70. The van der Waals surface area contributed by atoms with E-state index in [1.165, 1.54) is 0 Å². The van der Waals surface area contributed by atoms with Gasteiger partial charge in [0.05, 0.1) is 12.2 Å². The van der Waals surface area contributed by atoms with E-state index >= 15 is 0 Å². The third-order valence-electron chi connectivity index (χ3n) is 3.29. The van der Waals surface area contributed by atoms with Gasteiger partial charge in [0.2, 0.25) is 0 Å². The molecule has 2 heterocycles. The molecule has 1 aliphatic heterocycles. The molecule has 0 radical (unpaired) electrons. The zero-order valence-corrected chi connectivity index (χ0v) is 12.7. The lowest BCUT2D eigenvalue weighted by atomic mass is 10.1. The standard InChI is InChI=1S/C10H14FN2O10P/c11-10(3-22-24(19,20)21)6(16)5(15)8(23-10)13-1-4(2-14)7(17)12-9(13)18/h1,5-6,8,14-16H,2-3H2,(H,12,17,18)(H2,19,20,21)/t5-,6+,8-,10-/m1/s1. The molecule has 0 aliphatic carbocycles. The molecule has 24 heavy (non-hydrogen) atoms. The Kier molecular flexibility index (Phi) is 5.09. The minimum absolute atomic E-state index is 0.303. The van der Waals surface area contributed by atoms with Crippen LogP contribution in [-0.2, 0) is 20.4 Å². The van der Waals surface area contributed by atoms with Crippen LogP contribution in [0.4, 0.5) is 4.39 Å². The van der Waals surface area contributed by atoms with Crippen molar-refractivity contribution in [2.45, 2.75) is 30.9 Å². The molecule has 0 spiro atoms. The van der Waals surface area contributed by atoms with E-state index in [0.29, 0.717) is 4.57 Å². The number of H-pyrrole nitrogens is 1. The summed E-state index contributed by atoms with van der Waals surface area (Å²) in [5.41, 5.74) is -2.35. The Hall–Kier alpha value is -1.44. The fourth-order valence-corrected chi connectivity index (χ4v) is 2.44. The van der Waals surface area contributed by atoms with Crippen molar-refractivity contribution in [2.24, 2.45) is 0 Å². The number of halogens is 1. The summed E-state index contributed by atoms with van der Waals surface area (Å²) in [5, 5.41) is 28.6. The van der Waals surface area contributed by atoms with E-state index in [4.69, 9.17) is 19.6 Å². The number of hydrogen-bond donors (Lipinski definition) is 6. The Balaban J connectivity index is 2.35. The molecule has 1 saturated heterocycles. The summed E-state index contributed by atoms with van der Waals surface area (Å²) in [7, 11) is -5.09. The molecular formula is C10H14FN2O10P. The lowest BCUT2D eigenvalue weighted by molar-refractivity contribution is -0.205. The first-order valence-electron chi connectivity index (χ1n) is 6.36. The largest absolute Gasteiger partial charge is 0.469 e. The number of nitrogens with zero attached hydrogens (tertiary/aromatic N) is 1. The minimum atomic E-state index is -5.09. The lowest BCUT2D eigenvalue weighted by Crippen LogP contribution is -2.43. The van der Waals surface area contributed by atoms with E-state index in [2.05, 4.69) is 4.52 Å². The van der Waals surface area contributed by atoms with E-state index in [0.717, 1.165) is 6.20 Å². The predicted octanol–water partition coefficient (Wildman–Crippen LogP) is -2.95. The number of rotatable bonds is 5. The van der Waals surface area contributed by atoms with E-state index in [9.17, 15) is 28.8 Å². The molecule has 0 bridgehead atoms. The van der Waals surface area contributed by atoms with Crippen molar-refractivity contribution in [2.75, 3.05) is 6.61 Å². The second-order valence-electron chi connectivity index (χ2n) is 4.97. The number of phosphoric ester groups is 1. The van der Waals surface area contributed by atoms with Crippen molar-refractivity contribution >= 4 is 7.82 Å². The third-order valence-corrected chi connectivity index (χ3v) is 3.76. The fraction of sp³-hybridized carbons (Fsp3) is 0.600. The monoisotopic (exact) mass is 372 g/mol. The van der Waals surface area contributed by atoms with Gasteiger partial charge in [-0.15, -0.1) is 0 Å². The highest BCUT2D eigenvalue weighted by Crippen LogP contribution is 2.43. The molecule has 2 rings (SSSR count). The van der Waals surface area contributed by atoms with Gasteiger partial charge < -0.3 is 29.8 Å². The van der Waals surface area contributed by atoms with Crippen LogP contribution in [-0.4, -0.2) is 59.3 Å². The number of phosphoric acid groups is 1. The highest BCUT2D eigenvalue weighted by Gasteiger charge is 2.57. The topological polar surface area (TPSA) is 192 Å². The number of alkyl halides is 1. The highest BCUT2D eigenvalue weighted by atomic mass is 31.2. The number of aromatic amines is 1. The zero-order valence-electron chi connectivity index (χ0n) is 11.8. The van der Waals surface area contributed by atoms with Crippen LogP contribution in [0.3, 0.4) is 0 Å². The predicted molar refractivity (Wildman–Crippen MR) is 71.2 cm³/mol. The smallest absolute Gasteiger partial charge is 0.391 e. The first-order chi connectivity index (χ1) is 11.0. The molecule has 136 valence electrons. The van der Waals surface area contributed by atoms with Crippen LogP contribution in [0.1, 0.15) is 11.8 Å². The van der Waals surface area contributed by atoms with Gasteiger partial charge in [-0.25, -0.2) is 13.8 Å². The van der Waals surface area contributed by atoms with Crippen molar-refractivity contribution in [3.63, 3.8) is 0 Å². The molecule has 1 aromatic rings. The van der Waals surface area contributed by atoms with Crippen LogP contribution < -0.4 is 11.2 Å². The van der Waals surface area contributed by atoms with Crippen LogP contribution in [0, 0.1) is 0 Å². The van der Waals surface area contributed by atoms with Gasteiger partial charge >= 0.3 is 13.5 Å². The van der Waals surface area contributed by atoms with Crippen LogP contribution in [0.25, 0.3) is 0 Å². The summed E-state index contributed by atoms with van der Waals surface area (Å²) in [6.07, 6.45) is -5.41. The van der Waals surface area contributed by atoms with E-state index in [1.54, 1.807) is 4.98 Å². The Morgan fingerprint density at radius 1 is 1.42 bits per heavy atom. The summed E-state index contributed by atoms with van der Waals surface area (Å²) < 4.78 is 34.2. The van der Waals surface area contributed by atoms with Crippen molar-refractivity contribution in [1.82, 2.24) is 9.55 Å². The molecule has 6 N–H and O–H groups in total. The van der Waals surface area contributed by atoms with Gasteiger partial charge in [-0.05, 0) is 0 Å². The van der Waals surface area contributed by atoms with E-state index < -0.39 is 56.6 Å². The van der Waals surface area contributed by atoms with E-state index in [-0.39, 0.29) is 5.56 Å². The quantitative estimate of drug-likeness (QED) is 0.291. The first-order valence-corrected chi connectivity index (χ1v) is 7.89. The molecule has 1 aromatic heterocycles. The number of aromatic nitrogens is 2. The summed E-state index contributed by atoms with van der Waals surface area (Å²) in [6, 6.07) is 0. The van der Waals surface area contributed by atoms with Crippen LogP contribution in [0.5, 0.6) is 0 Å². The number of aliphatic hydroxyl groups excluding tert-OH is 3.